The van der Waals surface area contributed by atoms with Crippen LogP contribution in [0.25, 0.3) is 0 Å². The van der Waals surface area contributed by atoms with Gasteiger partial charge in [-0.25, -0.2) is 0 Å². The van der Waals surface area contributed by atoms with Gasteiger partial charge in [0.05, 0.1) is 5.02 Å². The van der Waals surface area contributed by atoms with Crippen molar-refractivity contribution in [3.8, 4) is 5.75 Å². The van der Waals surface area contributed by atoms with E-state index in [0.717, 1.165) is 12.1 Å². The van der Waals surface area contributed by atoms with Crippen LogP contribution < -0.4 is 10.1 Å². The van der Waals surface area contributed by atoms with Crippen molar-refractivity contribution < 1.29 is 22.6 Å². The average molecular weight is 312 g/mol. The van der Waals surface area contributed by atoms with E-state index in [1.54, 1.807) is 18.2 Å². The van der Waals surface area contributed by atoms with Crippen LogP contribution in [0.4, 0.5) is 13.2 Å². The second-order valence-electron chi connectivity index (χ2n) is 4.20. The summed E-state index contributed by atoms with van der Waals surface area (Å²) in [5.41, 5.74) is 0.973. The first-order valence-electron chi connectivity index (χ1n) is 6.13. The lowest BCUT2D eigenvalue weighted by molar-refractivity contribution is -0.186. The van der Waals surface area contributed by atoms with Crippen molar-refractivity contribution in [1.82, 2.24) is 5.32 Å². The molecule has 0 saturated heterocycles. The number of halogens is 4. The first-order valence-corrected chi connectivity index (χ1v) is 6.51. The fourth-order valence-corrected chi connectivity index (χ4v) is 1.83. The largest absolute Gasteiger partial charge is 0.466 e. The summed E-state index contributed by atoms with van der Waals surface area (Å²) in [6, 6.07) is 5.27. The highest BCUT2D eigenvalue weighted by atomic mass is 35.5. The number of hydrogen-bond donors (Lipinski definition) is 1. The Bertz CT molecular complexity index is 427. The van der Waals surface area contributed by atoms with Crippen LogP contribution in [0.15, 0.2) is 18.2 Å². The lowest BCUT2D eigenvalue weighted by Crippen LogP contribution is -2.19. The van der Waals surface area contributed by atoms with Crippen molar-refractivity contribution in [3.05, 3.63) is 28.8 Å². The Hall–Kier alpha value is -0.980. The molecule has 0 aliphatic carbocycles. The highest BCUT2D eigenvalue weighted by Crippen LogP contribution is 2.28. The summed E-state index contributed by atoms with van der Waals surface area (Å²) in [5, 5.41) is 3.56. The number of ether oxygens (including phenoxy) is 2. The van der Waals surface area contributed by atoms with Crippen molar-refractivity contribution in [3.63, 3.8) is 0 Å². The molecule has 1 unspecified atom stereocenters. The smallest absolute Gasteiger partial charge is 0.411 e. The van der Waals surface area contributed by atoms with Gasteiger partial charge in [-0.05, 0) is 31.2 Å². The second kappa shape index (κ2) is 7.71. The van der Waals surface area contributed by atoms with E-state index in [1.807, 2.05) is 13.8 Å². The van der Waals surface area contributed by atoms with E-state index >= 15 is 0 Å². The Morgan fingerprint density at radius 3 is 2.60 bits per heavy atom. The van der Waals surface area contributed by atoms with Gasteiger partial charge >= 0.3 is 6.18 Å². The molecule has 114 valence electrons. The molecule has 1 rings (SSSR count). The van der Waals surface area contributed by atoms with Crippen molar-refractivity contribution in [1.29, 1.82) is 0 Å². The zero-order chi connectivity index (χ0) is 15.2. The maximum absolute atomic E-state index is 11.9. The molecule has 0 bridgehead atoms. The molecule has 0 saturated carbocycles. The third-order valence-corrected chi connectivity index (χ3v) is 2.83. The van der Waals surface area contributed by atoms with E-state index in [9.17, 15) is 13.2 Å². The molecule has 0 fully saturated rings. The number of alkyl halides is 3. The number of benzene rings is 1. The van der Waals surface area contributed by atoms with Gasteiger partial charge in [-0.2, -0.15) is 13.2 Å². The van der Waals surface area contributed by atoms with Crippen LogP contribution >= 0.6 is 11.6 Å². The predicted octanol–water partition coefficient (Wildman–Crippen LogP) is 3.93. The summed E-state index contributed by atoms with van der Waals surface area (Å²) < 4.78 is 45.0. The van der Waals surface area contributed by atoms with E-state index in [1.165, 1.54) is 0 Å². The van der Waals surface area contributed by atoms with Gasteiger partial charge in [0, 0.05) is 6.04 Å². The Kier molecular flexibility index (Phi) is 6.58. The fraction of sp³-hybridized carbons (Fsp3) is 0.538. The summed E-state index contributed by atoms with van der Waals surface area (Å²) in [6.07, 6.45) is -4.36. The molecule has 1 aromatic rings. The number of hydrogen-bond acceptors (Lipinski definition) is 3. The van der Waals surface area contributed by atoms with Gasteiger partial charge in [0.25, 0.3) is 0 Å². The van der Waals surface area contributed by atoms with Crippen LogP contribution in [0, 0.1) is 0 Å². The molecule has 0 heterocycles. The quantitative estimate of drug-likeness (QED) is 0.611. The zero-order valence-electron chi connectivity index (χ0n) is 11.3. The van der Waals surface area contributed by atoms with Crippen molar-refractivity contribution in [2.24, 2.45) is 0 Å². The normalized spacial score (nSPS) is 13.3. The van der Waals surface area contributed by atoms with Gasteiger partial charge in [0.15, 0.2) is 6.79 Å². The number of nitrogens with one attached hydrogen (secondary N) is 1. The fourth-order valence-electron chi connectivity index (χ4n) is 1.59. The molecule has 1 N–H and O–H groups in total. The van der Waals surface area contributed by atoms with E-state index in [-0.39, 0.29) is 6.04 Å². The Labute approximate surface area is 121 Å². The summed E-state index contributed by atoms with van der Waals surface area (Å²) in [6.45, 7) is 2.96. The Morgan fingerprint density at radius 1 is 1.35 bits per heavy atom. The summed E-state index contributed by atoms with van der Waals surface area (Å²) in [4.78, 5) is 0. The molecule has 1 aromatic carbocycles. The molecule has 0 spiro atoms. The maximum Gasteiger partial charge on any atom is 0.411 e. The van der Waals surface area contributed by atoms with E-state index in [2.05, 4.69) is 10.1 Å². The molecular formula is C13H17ClF3NO2. The molecule has 20 heavy (non-hydrogen) atoms. The van der Waals surface area contributed by atoms with Gasteiger partial charge in [-0.1, -0.05) is 24.6 Å². The molecule has 0 aliphatic heterocycles. The van der Waals surface area contributed by atoms with Gasteiger partial charge in [0.2, 0.25) is 0 Å². The van der Waals surface area contributed by atoms with Crippen molar-refractivity contribution in [2.45, 2.75) is 26.1 Å². The van der Waals surface area contributed by atoms with E-state index < -0.39 is 19.6 Å². The lowest BCUT2D eigenvalue weighted by atomic mass is 10.1. The average Bonchev–Trinajstić information content (AvgIpc) is 2.35. The van der Waals surface area contributed by atoms with Crippen molar-refractivity contribution in [2.75, 3.05) is 19.9 Å². The van der Waals surface area contributed by atoms with Crippen LogP contribution in [0.5, 0.6) is 5.75 Å². The summed E-state index contributed by atoms with van der Waals surface area (Å²) in [7, 11) is 0. The monoisotopic (exact) mass is 311 g/mol. The van der Waals surface area contributed by atoms with Crippen molar-refractivity contribution >= 4 is 11.6 Å². The van der Waals surface area contributed by atoms with Gasteiger partial charge in [-0.3, -0.25) is 0 Å². The SMILES string of the molecule is CCNC(C)c1ccc(OCOCC(F)(F)F)c(Cl)c1. The van der Waals surface area contributed by atoms with Gasteiger partial charge in [0.1, 0.15) is 12.4 Å². The van der Waals surface area contributed by atoms with Crippen LogP contribution in [0.1, 0.15) is 25.5 Å². The third-order valence-electron chi connectivity index (χ3n) is 2.53. The van der Waals surface area contributed by atoms with Crippen LogP contribution in [0.3, 0.4) is 0 Å². The summed E-state index contributed by atoms with van der Waals surface area (Å²) >= 11 is 6.01. The molecule has 0 aromatic heterocycles. The minimum atomic E-state index is -4.36. The predicted molar refractivity (Wildman–Crippen MR) is 71.0 cm³/mol. The molecule has 7 heteroatoms. The maximum atomic E-state index is 11.9. The highest BCUT2D eigenvalue weighted by molar-refractivity contribution is 6.32. The molecule has 0 aliphatic rings. The Morgan fingerprint density at radius 2 is 2.05 bits per heavy atom. The second-order valence-corrected chi connectivity index (χ2v) is 4.60. The molecule has 1 atom stereocenters. The third kappa shape index (κ3) is 5.98. The van der Waals surface area contributed by atoms with Crippen LogP contribution in [-0.2, 0) is 4.74 Å². The van der Waals surface area contributed by atoms with E-state index in [0.29, 0.717) is 10.8 Å². The summed E-state index contributed by atoms with van der Waals surface area (Å²) in [5.74, 6) is 0.293. The molecular weight excluding hydrogens is 295 g/mol. The Balaban J connectivity index is 2.52. The lowest BCUT2D eigenvalue weighted by Gasteiger charge is -2.15. The molecule has 0 amide bonds. The molecule has 0 radical (unpaired) electrons. The molecule has 3 nitrogen and oxygen atoms in total. The highest BCUT2D eigenvalue weighted by Gasteiger charge is 2.27. The standard InChI is InChI=1S/C13H17ClF3NO2/c1-3-18-9(2)10-4-5-12(11(14)6-10)20-8-19-7-13(15,16)17/h4-6,9,18H,3,7-8H2,1-2H3. The van der Waals surface area contributed by atoms with Crippen LogP contribution in [0.2, 0.25) is 5.02 Å². The van der Waals surface area contributed by atoms with Gasteiger partial charge < -0.3 is 14.8 Å². The zero-order valence-corrected chi connectivity index (χ0v) is 12.0. The first kappa shape index (κ1) is 17.1. The topological polar surface area (TPSA) is 30.5 Å². The minimum absolute atomic E-state index is 0.132. The number of rotatable bonds is 7. The first-order chi connectivity index (χ1) is 9.33. The minimum Gasteiger partial charge on any atom is -0.466 e. The van der Waals surface area contributed by atoms with Gasteiger partial charge in [-0.15, -0.1) is 0 Å². The van der Waals surface area contributed by atoms with Crippen LogP contribution in [-0.4, -0.2) is 26.1 Å². The van der Waals surface area contributed by atoms with E-state index in [4.69, 9.17) is 16.3 Å².